The molecule has 0 unspecified atom stereocenters. The molecule has 23 heavy (non-hydrogen) atoms. The van der Waals surface area contributed by atoms with E-state index in [1.807, 2.05) is 0 Å². The maximum Gasteiger partial charge on any atom is 0.338 e. The molecule has 1 saturated carbocycles. The summed E-state index contributed by atoms with van der Waals surface area (Å²) in [6, 6.07) is 2.47. The number of hydrogen-bond donors (Lipinski definition) is 1. The van der Waals surface area contributed by atoms with Crippen LogP contribution in [0.25, 0.3) is 0 Å². The Balaban J connectivity index is 1.85. The monoisotopic (exact) mass is 325 g/mol. The van der Waals surface area contributed by atoms with Crippen LogP contribution in [0.3, 0.4) is 0 Å². The molecule has 0 aromatic heterocycles. The molecule has 1 aliphatic carbocycles. The van der Waals surface area contributed by atoms with Gasteiger partial charge in [0, 0.05) is 12.1 Å². The van der Waals surface area contributed by atoms with E-state index in [9.17, 15) is 18.4 Å². The second kappa shape index (κ2) is 7.53. The molecule has 4 nitrogen and oxygen atoms in total. The number of hydrogen-bond acceptors (Lipinski definition) is 3. The molecule has 1 N–H and O–H groups in total. The van der Waals surface area contributed by atoms with Gasteiger partial charge in [-0.15, -0.1) is 0 Å². The van der Waals surface area contributed by atoms with E-state index in [1.54, 1.807) is 0 Å². The number of benzene rings is 1. The minimum Gasteiger partial charge on any atom is -0.452 e. The highest BCUT2D eigenvalue weighted by Crippen LogP contribution is 2.29. The Labute approximate surface area is 134 Å². The zero-order valence-corrected chi connectivity index (χ0v) is 13.3. The largest absolute Gasteiger partial charge is 0.452 e. The average molecular weight is 325 g/mol. The van der Waals surface area contributed by atoms with Crippen molar-refractivity contribution in [3.8, 4) is 0 Å². The molecular formula is C17H21F2NO3. The summed E-state index contributed by atoms with van der Waals surface area (Å²) >= 11 is 0. The lowest BCUT2D eigenvalue weighted by molar-refractivity contribution is -0.125. The SMILES string of the molecule is C[C@@H]1[C@H](C)CCC[C@@H]1NC(=O)COC(=O)c1cc(F)cc(F)c1. The highest BCUT2D eigenvalue weighted by atomic mass is 19.1. The van der Waals surface area contributed by atoms with Crippen molar-refractivity contribution in [1.82, 2.24) is 5.32 Å². The Morgan fingerprint density at radius 1 is 1.17 bits per heavy atom. The van der Waals surface area contributed by atoms with Gasteiger partial charge < -0.3 is 10.1 Å². The smallest absolute Gasteiger partial charge is 0.338 e. The minimum atomic E-state index is -0.927. The standard InChI is InChI=1S/C17H21F2NO3/c1-10-4-3-5-15(11(10)2)20-16(21)9-23-17(22)12-6-13(18)8-14(19)7-12/h6-8,10-11,15H,3-5,9H2,1-2H3,(H,20,21)/t10-,11-,15+/m1/s1. The molecule has 126 valence electrons. The van der Waals surface area contributed by atoms with Crippen molar-refractivity contribution in [2.24, 2.45) is 11.8 Å². The van der Waals surface area contributed by atoms with Gasteiger partial charge in [0.1, 0.15) is 11.6 Å². The summed E-state index contributed by atoms with van der Waals surface area (Å²) in [6.07, 6.45) is 3.10. The number of amides is 1. The lowest BCUT2D eigenvalue weighted by Crippen LogP contribution is -2.45. The molecular weight excluding hydrogens is 304 g/mol. The third-order valence-corrected chi connectivity index (χ3v) is 4.49. The fraction of sp³-hybridized carbons (Fsp3) is 0.529. The molecule has 6 heteroatoms. The first kappa shape index (κ1) is 17.4. The van der Waals surface area contributed by atoms with E-state index in [-0.39, 0.29) is 11.6 Å². The average Bonchev–Trinajstić information content (AvgIpc) is 2.48. The maximum absolute atomic E-state index is 13.0. The number of carbonyl (C=O) groups excluding carboxylic acids is 2. The second-order valence-electron chi connectivity index (χ2n) is 6.18. The van der Waals surface area contributed by atoms with Crippen LogP contribution < -0.4 is 5.32 Å². The number of nitrogens with one attached hydrogen (secondary N) is 1. The summed E-state index contributed by atoms with van der Waals surface area (Å²) in [6.45, 7) is 3.78. The molecule has 0 saturated heterocycles. The Bertz CT molecular complexity index is 571. The molecule has 1 fully saturated rings. The van der Waals surface area contributed by atoms with Crippen LogP contribution in [0.2, 0.25) is 0 Å². The second-order valence-corrected chi connectivity index (χ2v) is 6.18. The van der Waals surface area contributed by atoms with E-state index in [0.29, 0.717) is 17.9 Å². The molecule has 1 aromatic carbocycles. The van der Waals surface area contributed by atoms with Crippen molar-refractivity contribution in [1.29, 1.82) is 0 Å². The van der Waals surface area contributed by atoms with Crippen molar-refractivity contribution in [3.05, 3.63) is 35.4 Å². The molecule has 2 rings (SSSR count). The minimum absolute atomic E-state index is 0.0663. The van der Waals surface area contributed by atoms with Crippen molar-refractivity contribution in [2.45, 2.75) is 39.2 Å². The molecule has 0 aliphatic heterocycles. The van der Waals surface area contributed by atoms with Crippen LogP contribution in [0.1, 0.15) is 43.5 Å². The van der Waals surface area contributed by atoms with Crippen LogP contribution in [0.5, 0.6) is 0 Å². The van der Waals surface area contributed by atoms with Gasteiger partial charge in [0.2, 0.25) is 0 Å². The number of ether oxygens (including phenoxy) is 1. The van der Waals surface area contributed by atoms with Crippen molar-refractivity contribution < 1.29 is 23.1 Å². The summed E-state index contributed by atoms with van der Waals surface area (Å²) in [5, 5.41) is 2.86. The Morgan fingerprint density at radius 2 is 1.83 bits per heavy atom. The van der Waals surface area contributed by atoms with Crippen molar-refractivity contribution >= 4 is 11.9 Å². The van der Waals surface area contributed by atoms with Gasteiger partial charge in [-0.1, -0.05) is 26.7 Å². The van der Waals surface area contributed by atoms with E-state index < -0.39 is 30.1 Å². The van der Waals surface area contributed by atoms with Crippen LogP contribution in [0.15, 0.2) is 18.2 Å². The van der Waals surface area contributed by atoms with Gasteiger partial charge in [-0.25, -0.2) is 13.6 Å². The molecule has 0 radical (unpaired) electrons. The first-order chi connectivity index (χ1) is 10.9. The predicted molar refractivity (Wildman–Crippen MR) is 80.8 cm³/mol. The molecule has 3 atom stereocenters. The number of rotatable bonds is 4. The van der Waals surface area contributed by atoms with Gasteiger partial charge in [-0.2, -0.15) is 0 Å². The van der Waals surface area contributed by atoms with Gasteiger partial charge in [-0.3, -0.25) is 4.79 Å². The summed E-state index contributed by atoms with van der Waals surface area (Å²) in [5.41, 5.74) is -0.255. The summed E-state index contributed by atoms with van der Waals surface area (Å²) < 4.78 is 30.9. The lowest BCUT2D eigenvalue weighted by atomic mass is 9.78. The molecule has 0 bridgehead atoms. The van der Waals surface area contributed by atoms with Crippen LogP contribution >= 0.6 is 0 Å². The third-order valence-electron chi connectivity index (χ3n) is 4.49. The van der Waals surface area contributed by atoms with Crippen LogP contribution in [-0.4, -0.2) is 24.5 Å². The van der Waals surface area contributed by atoms with E-state index in [2.05, 4.69) is 19.2 Å². The third kappa shape index (κ3) is 4.74. The number of halogens is 2. The Kier molecular flexibility index (Phi) is 5.69. The van der Waals surface area contributed by atoms with E-state index in [0.717, 1.165) is 31.4 Å². The van der Waals surface area contributed by atoms with Gasteiger partial charge in [0.05, 0.1) is 5.56 Å². The molecule has 0 spiro atoms. The molecule has 1 amide bonds. The Hall–Kier alpha value is -1.98. The quantitative estimate of drug-likeness (QED) is 0.866. The van der Waals surface area contributed by atoms with Crippen molar-refractivity contribution in [3.63, 3.8) is 0 Å². The predicted octanol–water partition coefficient (Wildman–Crippen LogP) is 3.06. The summed E-state index contributed by atoms with van der Waals surface area (Å²) in [4.78, 5) is 23.6. The number of esters is 1. The van der Waals surface area contributed by atoms with Gasteiger partial charge in [0.25, 0.3) is 5.91 Å². The fourth-order valence-corrected chi connectivity index (χ4v) is 2.92. The van der Waals surface area contributed by atoms with Gasteiger partial charge in [-0.05, 0) is 30.4 Å². The molecule has 1 aliphatic rings. The highest BCUT2D eigenvalue weighted by molar-refractivity contribution is 5.91. The molecule has 1 aromatic rings. The highest BCUT2D eigenvalue weighted by Gasteiger charge is 2.28. The van der Waals surface area contributed by atoms with E-state index >= 15 is 0 Å². The normalized spacial score (nSPS) is 24.1. The zero-order valence-electron chi connectivity index (χ0n) is 13.3. The lowest BCUT2D eigenvalue weighted by Gasteiger charge is -2.34. The number of carbonyl (C=O) groups is 2. The Morgan fingerprint density at radius 3 is 2.48 bits per heavy atom. The zero-order chi connectivity index (χ0) is 17.0. The summed E-state index contributed by atoms with van der Waals surface area (Å²) in [7, 11) is 0. The topological polar surface area (TPSA) is 55.4 Å². The van der Waals surface area contributed by atoms with Gasteiger partial charge in [0.15, 0.2) is 6.61 Å². The first-order valence-corrected chi connectivity index (χ1v) is 7.79. The van der Waals surface area contributed by atoms with Crippen LogP contribution in [0, 0.1) is 23.5 Å². The van der Waals surface area contributed by atoms with Gasteiger partial charge >= 0.3 is 5.97 Å². The van der Waals surface area contributed by atoms with Crippen molar-refractivity contribution in [2.75, 3.05) is 6.61 Å². The van der Waals surface area contributed by atoms with E-state index in [1.165, 1.54) is 0 Å². The molecule has 0 heterocycles. The van der Waals surface area contributed by atoms with Crippen LogP contribution in [0.4, 0.5) is 8.78 Å². The van der Waals surface area contributed by atoms with Crippen LogP contribution in [-0.2, 0) is 9.53 Å². The maximum atomic E-state index is 13.0. The first-order valence-electron chi connectivity index (χ1n) is 7.79. The van der Waals surface area contributed by atoms with E-state index in [4.69, 9.17) is 4.74 Å². The summed E-state index contributed by atoms with van der Waals surface area (Å²) in [5.74, 6) is -2.17. The fourth-order valence-electron chi connectivity index (χ4n) is 2.92.